The molecule has 1 aromatic carbocycles. The number of hydrogen-bond donors (Lipinski definition) is 0. The maximum absolute atomic E-state index is 12.2. The molecule has 0 spiro atoms. The Kier molecular flexibility index (Phi) is 5.35. The van der Waals surface area contributed by atoms with Gasteiger partial charge in [0.25, 0.3) is 0 Å². The van der Waals surface area contributed by atoms with Gasteiger partial charge in [0.05, 0.1) is 31.4 Å². The van der Waals surface area contributed by atoms with E-state index in [1.54, 1.807) is 27.2 Å². The van der Waals surface area contributed by atoms with Crippen LogP contribution in [0.4, 0.5) is 5.13 Å². The van der Waals surface area contributed by atoms with Gasteiger partial charge in [-0.1, -0.05) is 11.3 Å². The van der Waals surface area contributed by atoms with Gasteiger partial charge in [0.1, 0.15) is 22.4 Å². The van der Waals surface area contributed by atoms with Crippen LogP contribution in [0, 0.1) is 6.92 Å². The first-order chi connectivity index (χ1) is 14.1. The highest BCUT2D eigenvalue weighted by molar-refractivity contribution is 7.17. The molecule has 0 unspecified atom stereocenters. The Morgan fingerprint density at radius 2 is 2.10 bits per heavy atom. The first-order valence-electron chi connectivity index (χ1n) is 9.29. The van der Waals surface area contributed by atoms with Gasteiger partial charge in [-0.05, 0) is 55.8 Å². The van der Waals surface area contributed by atoms with Gasteiger partial charge < -0.3 is 13.9 Å². The minimum Gasteiger partial charge on any atom is -0.497 e. The highest BCUT2D eigenvalue weighted by Crippen LogP contribution is 2.39. The van der Waals surface area contributed by atoms with Crippen LogP contribution in [0.5, 0.6) is 5.75 Å². The third-order valence-corrected chi connectivity index (χ3v) is 5.77. The number of benzene rings is 1. The molecule has 1 aliphatic heterocycles. The number of aryl methyl sites for hydroxylation is 1. The molecule has 4 rings (SSSR count). The van der Waals surface area contributed by atoms with Gasteiger partial charge in [-0.2, -0.15) is 5.10 Å². The van der Waals surface area contributed by atoms with Crippen molar-refractivity contribution in [1.29, 1.82) is 0 Å². The van der Waals surface area contributed by atoms with E-state index < -0.39 is 0 Å². The standard InChI is InChI=1S/C21H21N3O4S/c1-4-27-20(25)19-13(2)22-21(29-19)24-17(18-6-5-11-28-18)12-16(23-24)14-7-9-15(26-3)10-8-14/h5-11,17H,4,12H2,1-3H3/t17-/m1/s1. The monoisotopic (exact) mass is 411 g/mol. The maximum atomic E-state index is 12.2. The second-order valence-corrected chi connectivity index (χ2v) is 7.46. The molecule has 150 valence electrons. The summed E-state index contributed by atoms with van der Waals surface area (Å²) in [7, 11) is 1.64. The van der Waals surface area contributed by atoms with Crippen molar-refractivity contribution >= 4 is 28.1 Å². The van der Waals surface area contributed by atoms with Crippen LogP contribution in [0.3, 0.4) is 0 Å². The molecular weight excluding hydrogens is 390 g/mol. The van der Waals surface area contributed by atoms with Crippen molar-refractivity contribution in [3.05, 3.63) is 64.6 Å². The fraction of sp³-hybridized carbons (Fsp3) is 0.286. The number of esters is 1. The predicted octanol–water partition coefficient (Wildman–Crippen LogP) is 4.59. The van der Waals surface area contributed by atoms with Gasteiger partial charge in [0.15, 0.2) is 0 Å². The Labute approximate surface area is 172 Å². The third-order valence-electron chi connectivity index (χ3n) is 4.65. The van der Waals surface area contributed by atoms with Crippen molar-refractivity contribution < 1.29 is 18.7 Å². The molecule has 0 radical (unpaired) electrons. The molecule has 7 nitrogen and oxygen atoms in total. The molecule has 3 heterocycles. The molecule has 1 atom stereocenters. The van der Waals surface area contributed by atoms with Gasteiger partial charge in [-0.15, -0.1) is 0 Å². The van der Waals surface area contributed by atoms with Crippen molar-refractivity contribution in [1.82, 2.24) is 4.98 Å². The van der Waals surface area contributed by atoms with Crippen molar-refractivity contribution in [3.8, 4) is 5.75 Å². The Hall–Kier alpha value is -3.13. The number of anilines is 1. The number of hydrogen-bond acceptors (Lipinski definition) is 8. The lowest BCUT2D eigenvalue weighted by Crippen LogP contribution is -2.17. The third kappa shape index (κ3) is 3.75. The number of methoxy groups -OCH3 is 1. The van der Waals surface area contributed by atoms with Gasteiger partial charge in [0, 0.05) is 6.42 Å². The summed E-state index contributed by atoms with van der Waals surface area (Å²) < 4.78 is 16.0. The average molecular weight is 411 g/mol. The lowest BCUT2D eigenvalue weighted by atomic mass is 10.0. The fourth-order valence-corrected chi connectivity index (χ4v) is 4.18. The predicted molar refractivity (Wildman–Crippen MR) is 111 cm³/mol. The van der Waals surface area contributed by atoms with Gasteiger partial charge in [0.2, 0.25) is 5.13 Å². The van der Waals surface area contributed by atoms with E-state index in [0.29, 0.717) is 28.7 Å². The van der Waals surface area contributed by atoms with Gasteiger partial charge in [-0.25, -0.2) is 14.8 Å². The Morgan fingerprint density at radius 1 is 1.31 bits per heavy atom. The minimum absolute atomic E-state index is 0.136. The van der Waals surface area contributed by atoms with E-state index in [0.717, 1.165) is 22.8 Å². The number of furan rings is 1. The Morgan fingerprint density at radius 3 is 2.76 bits per heavy atom. The van der Waals surface area contributed by atoms with Crippen LogP contribution in [-0.2, 0) is 4.74 Å². The Bertz CT molecular complexity index is 1020. The topological polar surface area (TPSA) is 77.2 Å². The summed E-state index contributed by atoms with van der Waals surface area (Å²) in [5.41, 5.74) is 2.55. The normalized spacial score (nSPS) is 16.0. The van der Waals surface area contributed by atoms with Gasteiger partial charge >= 0.3 is 5.97 Å². The number of hydrazone groups is 1. The zero-order valence-corrected chi connectivity index (χ0v) is 17.2. The smallest absolute Gasteiger partial charge is 0.350 e. The lowest BCUT2D eigenvalue weighted by molar-refractivity contribution is 0.0531. The molecule has 1 aliphatic rings. The van der Waals surface area contributed by atoms with Crippen molar-refractivity contribution in [2.24, 2.45) is 5.10 Å². The highest BCUT2D eigenvalue weighted by atomic mass is 32.1. The number of carbonyl (C=O) groups is 1. The number of rotatable bonds is 6. The molecule has 8 heteroatoms. The first-order valence-corrected chi connectivity index (χ1v) is 10.1. The Balaban J connectivity index is 1.70. The summed E-state index contributed by atoms with van der Waals surface area (Å²) in [5.74, 6) is 1.23. The average Bonchev–Trinajstić information content (AvgIpc) is 3.47. The van der Waals surface area contributed by atoms with Crippen molar-refractivity contribution in [2.45, 2.75) is 26.3 Å². The summed E-state index contributed by atoms with van der Waals surface area (Å²) in [6.45, 7) is 3.91. The maximum Gasteiger partial charge on any atom is 0.350 e. The van der Waals surface area contributed by atoms with E-state index in [4.69, 9.17) is 19.0 Å². The molecule has 2 aromatic heterocycles. The molecule has 0 saturated carbocycles. The van der Waals surface area contributed by atoms with E-state index in [1.807, 2.05) is 41.4 Å². The van der Waals surface area contributed by atoms with E-state index in [2.05, 4.69) is 4.98 Å². The first kappa shape index (κ1) is 19.2. The number of thiazole rings is 1. The van der Waals surface area contributed by atoms with Crippen molar-refractivity contribution in [3.63, 3.8) is 0 Å². The molecule has 0 N–H and O–H groups in total. The molecule has 0 saturated heterocycles. The second kappa shape index (κ2) is 8.08. The zero-order chi connectivity index (χ0) is 20.4. The number of ether oxygens (including phenoxy) is 2. The number of nitrogens with zero attached hydrogens (tertiary/aromatic N) is 3. The van der Waals surface area contributed by atoms with Crippen LogP contribution in [0.25, 0.3) is 0 Å². The summed E-state index contributed by atoms with van der Waals surface area (Å²) in [6, 6.07) is 11.4. The van der Waals surface area contributed by atoms with E-state index in [9.17, 15) is 4.79 Å². The number of aromatic nitrogens is 1. The van der Waals surface area contributed by atoms with Crippen LogP contribution in [0.1, 0.15) is 46.1 Å². The second-order valence-electron chi connectivity index (χ2n) is 6.49. The quantitative estimate of drug-likeness (QED) is 0.552. The molecule has 0 fully saturated rings. The van der Waals surface area contributed by atoms with Crippen LogP contribution in [0.2, 0.25) is 0 Å². The van der Waals surface area contributed by atoms with E-state index in [1.165, 1.54) is 11.3 Å². The van der Waals surface area contributed by atoms with E-state index >= 15 is 0 Å². The molecular formula is C21H21N3O4S. The van der Waals surface area contributed by atoms with Gasteiger partial charge in [-0.3, -0.25) is 0 Å². The van der Waals surface area contributed by atoms with E-state index in [-0.39, 0.29) is 12.0 Å². The summed E-state index contributed by atoms with van der Waals surface area (Å²) in [5, 5.41) is 7.29. The molecule has 3 aromatic rings. The minimum atomic E-state index is -0.359. The SMILES string of the molecule is CCOC(=O)c1sc(N2N=C(c3ccc(OC)cc3)C[C@@H]2c2ccco2)nc1C. The van der Waals surface area contributed by atoms with Crippen molar-refractivity contribution in [2.75, 3.05) is 18.7 Å². The highest BCUT2D eigenvalue weighted by Gasteiger charge is 2.34. The largest absolute Gasteiger partial charge is 0.497 e. The molecule has 29 heavy (non-hydrogen) atoms. The molecule has 0 amide bonds. The molecule has 0 aliphatic carbocycles. The summed E-state index contributed by atoms with van der Waals surface area (Å²) in [6.07, 6.45) is 2.31. The summed E-state index contributed by atoms with van der Waals surface area (Å²) in [4.78, 5) is 17.3. The van der Waals surface area contributed by atoms with Crippen LogP contribution >= 0.6 is 11.3 Å². The van der Waals surface area contributed by atoms with Crippen LogP contribution < -0.4 is 9.75 Å². The summed E-state index contributed by atoms with van der Waals surface area (Å²) >= 11 is 1.28. The number of carbonyl (C=O) groups excluding carboxylic acids is 1. The fourth-order valence-electron chi connectivity index (χ4n) is 3.21. The zero-order valence-electron chi connectivity index (χ0n) is 16.4. The molecule has 0 bridgehead atoms. The van der Waals surface area contributed by atoms with Crippen LogP contribution in [0.15, 0.2) is 52.2 Å². The lowest BCUT2D eigenvalue weighted by Gasteiger charge is -2.18. The van der Waals surface area contributed by atoms with Crippen LogP contribution in [-0.4, -0.2) is 30.4 Å².